The molecule has 0 bridgehead atoms. The lowest BCUT2D eigenvalue weighted by molar-refractivity contribution is -0.133. The van der Waals surface area contributed by atoms with Crippen molar-refractivity contribution in [1.29, 1.82) is 0 Å². The SMILES string of the molecule is CCN(CC)CCN(C(=O)CCn1c(=O)n(C)c2ccccc21)C1CCS(=O)(=O)C1. The van der Waals surface area contributed by atoms with Crippen LogP contribution in [0.15, 0.2) is 29.1 Å². The molecule has 0 N–H and O–H groups in total. The van der Waals surface area contributed by atoms with Gasteiger partial charge in [-0.05, 0) is 31.6 Å². The van der Waals surface area contributed by atoms with Crippen LogP contribution < -0.4 is 5.69 Å². The van der Waals surface area contributed by atoms with E-state index in [1.807, 2.05) is 24.3 Å². The van der Waals surface area contributed by atoms with Crippen molar-refractivity contribution in [3.8, 4) is 0 Å². The molecule has 0 radical (unpaired) electrons. The molecule has 2 aromatic rings. The third kappa shape index (κ3) is 4.78. The lowest BCUT2D eigenvalue weighted by atomic mass is 10.2. The fourth-order valence-electron chi connectivity index (χ4n) is 4.25. The number of amides is 1. The third-order valence-electron chi connectivity index (χ3n) is 6.12. The summed E-state index contributed by atoms with van der Waals surface area (Å²) in [5.41, 5.74) is 1.48. The molecule has 9 heteroatoms. The summed E-state index contributed by atoms with van der Waals surface area (Å²) in [5.74, 6) is 0.0739. The van der Waals surface area contributed by atoms with E-state index in [9.17, 15) is 18.0 Å². The average Bonchev–Trinajstić information content (AvgIpc) is 3.20. The number of benzene rings is 1. The van der Waals surface area contributed by atoms with Crippen molar-refractivity contribution in [3.63, 3.8) is 0 Å². The highest BCUT2D eigenvalue weighted by molar-refractivity contribution is 7.91. The summed E-state index contributed by atoms with van der Waals surface area (Å²) < 4.78 is 27.2. The molecule has 2 heterocycles. The van der Waals surface area contributed by atoms with Gasteiger partial charge in [-0.15, -0.1) is 0 Å². The Kier molecular flexibility index (Phi) is 7.02. The van der Waals surface area contributed by atoms with E-state index >= 15 is 0 Å². The van der Waals surface area contributed by atoms with E-state index in [-0.39, 0.29) is 42.1 Å². The van der Waals surface area contributed by atoms with Gasteiger partial charge in [0.05, 0.1) is 22.5 Å². The molecule has 1 atom stereocenters. The first-order chi connectivity index (χ1) is 14.3. The molecule has 0 spiro atoms. The molecule has 30 heavy (non-hydrogen) atoms. The third-order valence-corrected chi connectivity index (χ3v) is 7.87. The van der Waals surface area contributed by atoms with E-state index in [4.69, 9.17) is 0 Å². The van der Waals surface area contributed by atoms with Crippen LogP contribution in [-0.4, -0.2) is 77.0 Å². The number of fused-ring (bicyclic) bond motifs is 1. The number of aryl methyl sites for hydroxylation is 2. The summed E-state index contributed by atoms with van der Waals surface area (Å²) in [5, 5.41) is 0. The van der Waals surface area contributed by atoms with E-state index in [1.165, 1.54) is 0 Å². The molecule has 1 unspecified atom stereocenters. The molecule has 0 saturated carbocycles. The smallest absolute Gasteiger partial charge is 0.328 e. The number of hydrogen-bond acceptors (Lipinski definition) is 5. The van der Waals surface area contributed by atoms with Crippen molar-refractivity contribution in [3.05, 3.63) is 34.7 Å². The van der Waals surface area contributed by atoms with E-state index in [1.54, 1.807) is 21.1 Å². The predicted molar refractivity (Wildman–Crippen MR) is 118 cm³/mol. The topological polar surface area (TPSA) is 84.6 Å². The molecular formula is C21H32N4O4S. The van der Waals surface area contributed by atoms with E-state index in [0.717, 1.165) is 24.1 Å². The average molecular weight is 437 g/mol. The van der Waals surface area contributed by atoms with Crippen LogP contribution in [0.3, 0.4) is 0 Å². The van der Waals surface area contributed by atoms with Gasteiger partial charge in [0.1, 0.15) is 0 Å². The maximum atomic E-state index is 13.1. The lowest BCUT2D eigenvalue weighted by Crippen LogP contribution is -2.45. The number of hydrogen-bond donors (Lipinski definition) is 0. The van der Waals surface area contributed by atoms with Crippen LogP contribution in [0.1, 0.15) is 26.7 Å². The minimum absolute atomic E-state index is 0.0329. The zero-order valence-corrected chi connectivity index (χ0v) is 18.9. The van der Waals surface area contributed by atoms with Crippen molar-refractivity contribution < 1.29 is 13.2 Å². The van der Waals surface area contributed by atoms with Crippen molar-refractivity contribution in [2.45, 2.75) is 39.3 Å². The monoisotopic (exact) mass is 436 g/mol. The molecule has 1 saturated heterocycles. The molecule has 1 fully saturated rings. The van der Waals surface area contributed by atoms with Crippen LogP contribution in [0.4, 0.5) is 0 Å². The first-order valence-electron chi connectivity index (χ1n) is 10.6. The van der Waals surface area contributed by atoms with Gasteiger partial charge < -0.3 is 9.80 Å². The molecule has 8 nitrogen and oxygen atoms in total. The largest absolute Gasteiger partial charge is 0.337 e. The molecular weight excluding hydrogens is 404 g/mol. The van der Waals surface area contributed by atoms with Crippen LogP contribution in [0, 0.1) is 0 Å². The number of aromatic nitrogens is 2. The first-order valence-corrected chi connectivity index (χ1v) is 12.5. The first kappa shape index (κ1) is 22.6. The summed E-state index contributed by atoms with van der Waals surface area (Å²) in [6.45, 7) is 7.40. The van der Waals surface area contributed by atoms with Crippen LogP contribution in [0.2, 0.25) is 0 Å². The van der Waals surface area contributed by atoms with Gasteiger partial charge in [0.2, 0.25) is 5.91 Å². The highest BCUT2D eigenvalue weighted by atomic mass is 32.2. The summed E-state index contributed by atoms with van der Waals surface area (Å²) in [7, 11) is -1.36. The Morgan fingerprint density at radius 1 is 1.13 bits per heavy atom. The molecule has 3 rings (SSSR count). The lowest BCUT2D eigenvalue weighted by Gasteiger charge is -2.31. The van der Waals surface area contributed by atoms with Gasteiger partial charge >= 0.3 is 5.69 Å². The molecule has 1 aliphatic rings. The highest BCUT2D eigenvalue weighted by Crippen LogP contribution is 2.19. The number of rotatable bonds is 9. The standard InChI is InChI=1S/C21H32N4O4S/c1-4-23(5-2)13-14-24(17-11-15-30(28,29)16-17)20(26)10-12-25-19-9-7-6-8-18(19)22(3)21(25)27/h6-9,17H,4-5,10-16H2,1-3H3. The van der Waals surface area contributed by atoms with Gasteiger partial charge in [-0.1, -0.05) is 26.0 Å². The molecule has 1 amide bonds. The highest BCUT2D eigenvalue weighted by Gasteiger charge is 2.34. The second kappa shape index (κ2) is 9.34. The Bertz CT molecular complexity index is 1050. The second-order valence-electron chi connectivity index (χ2n) is 7.90. The minimum Gasteiger partial charge on any atom is -0.337 e. The van der Waals surface area contributed by atoms with Crippen LogP contribution in [0.25, 0.3) is 11.0 Å². The Morgan fingerprint density at radius 3 is 2.40 bits per heavy atom. The predicted octanol–water partition coefficient (Wildman–Crippen LogP) is 1.09. The van der Waals surface area contributed by atoms with Crippen LogP contribution in [0.5, 0.6) is 0 Å². The number of imidazole rings is 1. The number of nitrogens with zero attached hydrogens (tertiary/aromatic N) is 4. The minimum atomic E-state index is -3.09. The molecule has 1 aliphatic heterocycles. The van der Waals surface area contributed by atoms with E-state index < -0.39 is 9.84 Å². The van der Waals surface area contributed by atoms with Crippen LogP contribution >= 0.6 is 0 Å². The Hall–Kier alpha value is -2.13. The van der Waals surface area contributed by atoms with Gasteiger partial charge in [0.25, 0.3) is 0 Å². The van der Waals surface area contributed by atoms with Gasteiger partial charge in [-0.25, -0.2) is 13.2 Å². The van der Waals surface area contributed by atoms with Crippen molar-refractivity contribution in [1.82, 2.24) is 18.9 Å². The Morgan fingerprint density at radius 2 is 1.80 bits per heavy atom. The second-order valence-corrected chi connectivity index (χ2v) is 10.1. The zero-order chi connectivity index (χ0) is 21.9. The number of carbonyl (C=O) groups excluding carboxylic acids is 1. The van der Waals surface area contributed by atoms with E-state index in [0.29, 0.717) is 19.5 Å². The maximum absolute atomic E-state index is 13.1. The molecule has 0 aliphatic carbocycles. The molecule has 166 valence electrons. The van der Waals surface area contributed by atoms with Crippen molar-refractivity contribution in [2.24, 2.45) is 7.05 Å². The van der Waals surface area contributed by atoms with Crippen LogP contribution in [-0.2, 0) is 28.2 Å². The Labute approximate surface area is 178 Å². The quantitative estimate of drug-likeness (QED) is 0.587. The van der Waals surface area contributed by atoms with Gasteiger partial charge in [0.15, 0.2) is 9.84 Å². The summed E-state index contributed by atoms with van der Waals surface area (Å²) in [6, 6.07) is 7.24. The fraction of sp³-hybridized carbons (Fsp3) is 0.619. The summed E-state index contributed by atoms with van der Waals surface area (Å²) >= 11 is 0. The Balaban J connectivity index is 1.76. The number of para-hydroxylation sites is 2. The van der Waals surface area contributed by atoms with Crippen molar-refractivity contribution >= 4 is 26.8 Å². The number of sulfone groups is 1. The number of carbonyl (C=O) groups is 1. The summed E-state index contributed by atoms with van der Waals surface area (Å²) in [6.07, 6.45) is 0.656. The van der Waals surface area contributed by atoms with Gasteiger partial charge in [-0.2, -0.15) is 0 Å². The fourth-order valence-corrected chi connectivity index (χ4v) is 5.98. The normalized spacial score (nSPS) is 18.3. The van der Waals surface area contributed by atoms with E-state index in [2.05, 4.69) is 18.7 Å². The molecule has 1 aromatic carbocycles. The van der Waals surface area contributed by atoms with Gasteiger partial charge in [0, 0.05) is 39.1 Å². The summed E-state index contributed by atoms with van der Waals surface area (Å²) in [4.78, 5) is 29.7. The molecule has 1 aromatic heterocycles. The zero-order valence-electron chi connectivity index (χ0n) is 18.1. The number of likely N-dealkylation sites (N-methyl/N-ethyl adjacent to an activating group) is 1. The maximum Gasteiger partial charge on any atom is 0.328 e. The van der Waals surface area contributed by atoms with Crippen molar-refractivity contribution in [2.75, 3.05) is 37.7 Å². The van der Waals surface area contributed by atoms with Gasteiger partial charge in [-0.3, -0.25) is 13.9 Å².